The molecule has 2 aromatic carbocycles. The number of rotatable bonds is 7. The van der Waals surface area contributed by atoms with Gasteiger partial charge in [0, 0.05) is 36.8 Å². The van der Waals surface area contributed by atoms with E-state index in [9.17, 15) is 13.2 Å². The van der Waals surface area contributed by atoms with E-state index >= 15 is 0 Å². The van der Waals surface area contributed by atoms with Gasteiger partial charge in [-0.25, -0.2) is 13.1 Å². The lowest BCUT2D eigenvalue weighted by Crippen LogP contribution is -2.38. The first-order valence-corrected chi connectivity index (χ1v) is 14.4. The first-order valence-electron chi connectivity index (χ1n) is 12.6. The van der Waals surface area contributed by atoms with Gasteiger partial charge in [-0.1, -0.05) is 24.3 Å². The first-order chi connectivity index (χ1) is 17.0. The molecule has 36 heavy (non-hydrogen) atoms. The molecular weight excluding hydrogens is 474 g/mol. The van der Waals surface area contributed by atoms with Crippen LogP contribution in [0.15, 0.2) is 54.6 Å². The Kier molecular flexibility index (Phi) is 6.25. The molecule has 0 spiro atoms. The zero-order chi connectivity index (χ0) is 25.7. The summed E-state index contributed by atoms with van der Waals surface area (Å²) in [6, 6.07) is 18.0. The maximum Gasteiger partial charge on any atom is 0.274 e. The molecule has 1 N–H and O–H groups in total. The van der Waals surface area contributed by atoms with E-state index < -0.39 is 15.6 Å². The molecule has 1 saturated carbocycles. The van der Waals surface area contributed by atoms with Crippen LogP contribution in [0.1, 0.15) is 61.5 Å². The van der Waals surface area contributed by atoms with Gasteiger partial charge in [0.2, 0.25) is 10.0 Å². The van der Waals surface area contributed by atoms with Crippen molar-refractivity contribution in [2.45, 2.75) is 56.6 Å². The number of amides is 1. The number of carbonyl (C=O) groups is 1. The molecular formula is C28H35N3O4S. The van der Waals surface area contributed by atoms with Crippen LogP contribution in [0.2, 0.25) is 0 Å². The summed E-state index contributed by atoms with van der Waals surface area (Å²) in [4.78, 5) is 15.5. The minimum Gasteiger partial charge on any atom is -0.376 e. The second kappa shape index (κ2) is 9.01. The third-order valence-electron chi connectivity index (χ3n) is 7.63. The monoisotopic (exact) mass is 509 g/mol. The lowest BCUT2D eigenvalue weighted by Gasteiger charge is -2.35. The molecule has 8 heteroatoms. The summed E-state index contributed by atoms with van der Waals surface area (Å²) in [6.07, 6.45) is 4.72. The molecule has 0 radical (unpaired) electrons. The normalized spacial score (nSPS) is 20.8. The van der Waals surface area contributed by atoms with Crippen molar-refractivity contribution in [1.29, 1.82) is 0 Å². The van der Waals surface area contributed by atoms with Crippen molar-refractivity contribution in [3.8, 4) is 0 Å². The van der Waals surface area contributed by atoms with Gasteiger partial charge in [-0.3, -0.25) is 4.79 Å². The van der Waals surface area contributed by atoms with E-state index in [0.717, 1.165) is 48.9 Å². The molecule has 5 rings (SSSR count). The average molecular weight is 510 g/mol. The Morgan fingerprint density at radius 3 is 2.50 bits per heavy atom. The Morgan fingerprint density at radius 2 is 1.86 bits per heavy atom. The smallest absolute Gasteiger partial charge is 0.274 e. The fourth-order valence-electron chi connectivity index (χ4n) is 5.50. The first kappa shape index (κ1) is 25.0. The number of sulfonamides is 1. The third kappa shape index (κ3) is 4.94. The predicted octanol–water partition coefficient (Wildman–Crippen LogP) is 4.63. The summed E-state index contributed by atoms with van der Waals surface area (Å²) >= 11 is 0. The molecule has 0 bridgehead atoms. The van der Waals surface area contributed by atoms with Crippen LogP contribution in [0.3, 0.4) is 0 Å². The van der Waals surface area contributed by atoms with Gasteiger partial charge in [0.25, 0.3) is 5.91 Å². The molecule has 2 heterocycles. The topological polar surface area (TPSA) is 80.6 Å². The molecule has 192 valence electrons. The van der Waals surface area contributed by atoms with Gasteiger partial charge in [0.15, 0.2) is 0 Å². The van der Waals surface area contributed by atoms with E-state index in [0.29, 0.717) is 11.6 Å². The molecule has 1 aliphatic heterocycles. The zero-order valence-corrected chi connectivity index (χ0v) is 22.3. The largest absolute Gasteiger partial charge is 0.376 e. The Balaban J connectivity index is 1.58. The number of carbonyl (C=O) groups excluding carboxylic acids is 1. The van der Waals surface area contributed by atoms with Gasteiger partial charge in [0.1, 0.15) is 5.69 Å². The van der Waals surface area contributed by atoms with Crippen molar-refractivity contribution in [2.75, 3.05) is 31.4 Å². The Hall–Kier alpha value is -2.68. The fourth-order valence-corrected chi connectivity index (χ4v) is 6.03. The number of anilines is 1. The van der Waals surface area contributed by atoms with Crippen molar-refractivity contribution in [3.63, 3.8) is 0 Å². The SMILES string of the molecule is CN(C(=O)c1cc2cc(C3CCOC(C)(C)C3)ccc2n1C1(CNS(C)(=O)=O)CC1)c1ccccc1. The van der Waals surface area contributed by atoms with Gasteiger partial charge in [-0.15, -0.1) is 0 Å². The molecule has 1 saturated heterocycles. The van der Waals surface area contributed by atoms with E-state index in [1.165, 1.54) is 11.8 Å². The second-order valence-corrected chi connectivity index (χ2v) is 12.8. The number of hydrogen-bond donors (Lipinski definition) is 1. The van der Waals surface area contributed by atoms with Gasteiger partial charge >= 0.3 is 0 Å². The summed E-state index contributed by atoms with van der Waals surface area (Å²) in [6.45, 7) is 5.27. The number of fused-ring (bicyclic) bond motifs is 1. The van der Waals surface area contributed by atoms with E-state index in [2.05, 4.69) is 41.3 Å². The van der Waals surface area contributed by atoms with Crippen molar-refractivity contribution >= 4 is 32.5 Å². The second-order valence-electron chi connectivity index (χ2n) is 11.0. The molecule has 1 aromatic heterocycles. The number of para-hydroxylation sites is 1. The minimum atomic E-state index is -3.36. The van der Waals surface area contributed by atoms with Gasteiger partial charge in [0.05, 0.1) is 17.4 Å². The van der Waals surface area contributed by atoms with Crippen LogP contribution >= 0.6 is 0 Å². The molecule has 1 aliphatic carbocycles. The number of benzene rings is 2. The summed E-state index contributed by atoms with van der Waals surface area (Å²) in [5, 5.41) is 1.01. The average Bonchev–Trinajstić information content (AvgIpc) is 3.53. The van der Waals surface area contributed by atoms with E-state index in [1.807, 2.05) is 36.4 Å². The molecule has 7 nitrogen and oxygen atoms in total. The lowest BCUT2D eigenvalue weighted by atomic mass is 9.83. The number of nitrogens with zero attached hydrogens (tertiary/aromatic N) is 2. The van der Waals surface area contributed by atoms with E-state index in [1.54, 1.807) is 11.9 Å². The number of hydrogen-bond acceptors (Lipinski definition) is 4. The molecule has 1 unspecified atom stereocenters. The molecule has 3 aromatic rings. The van der Waals surface area contributed by atoms with Crippen molar-refractivity contribution in [2.24, 2.45) is 0 Å². The summed E-state index contributed by atoms with van der Waals surface area (Å²) < 4.78 is 34.5. The van der Waals surface area contributed by atoms with Crippen molar-refractivity contribution in [1.82, 2.24) is 9.29 Å². The molecule has 1 atom stereocenters. The minimum absolute atomic E-state index is 0.114. The van der Waals surface area contributed by atoms with Crippen LogP contribution in [0, 0.1) is 0 Å². The van der Waals surface area contributed by atoms with Crippen molar-refractivity contribution in [3.05, 3.63) is 65.9 Å². The van der Waals surface area contributed by atoms with Crippen LogP contribution in [0.4, 0.5) is 5.69 Å². The molecule has 2 fully saturated rings. The molecule has 2 aliphatic rings. The highest BCUT2D eigenvalue weighted by molar-refractivity contribution is 7.88. The standard InChI is InChI=1S/C28H35N3O4S/c1-27(2)18-21(12-15-35-27)20-10-11-24-22(16-20)17-25(26(32)30(3)23-8-6-5-7-9-23)31(24)28(13-14-28)19-29-36(4,33)34/h5-11,16-17,21,29H,12-15,18-19H2,1-4H3. The Morgan fingerprint density at radius 1 is 1.14 bits per heavy atom. The van der Waals surface area contributed by atoms with Crippen LogP contribution in [-0.2, 0) is 20.3 Å². The Bertz CT molecular complexity index is 1390. The highest BCUT2D eigenvalue weighted by atomic mass is 32.2. The number of ether oxygens (including phenoxy) is 1. The quantitative estimate of drug-likeness (QED) is 0.504. The predicted molar refractivity (Wildman–Crippen MR) is 143 cm³/mol. The van der Waals surface area contributed by atoms with Crippen LogP contribution < -0.4 is 9.62 Å². The highest BCUT2D eigenvalue weighted by Gasteiger charge is 2.47. The van der Waals surface area contributed by atoms with Crippen LogP contribution in [0.25, 0.3) is 10.9 Å². The van der Waals surface area contributed by atoms with E-state index in [4.69, 9.17) is 4.74 Å². The maximum absolute atomic E-state index is 13.8. The number of nitrogens with one attached hydrogen (secondary N) is 1. The van der Waals surface area contributed by atoms with Gasteiger partial charge < -0.3 is 14.2 Å². The highest BCUT2D eigenvalue weighted by Crippen LogP contribution is 2.47. The van der Waals surface area contributed by atoms with Crippen molar-refractivity contribution < 1.29 is 17.9 Å². The van der Waals surface area contributed by atoms with Gasteiger partial charge in [-0.05, 0) is 81.3 Å². The molecule has 1 amide bonds. The van der Waals surface area contributed by atoms with Gasteiger partial charge in [-0.2, -0.15) is 0 Å². The fraction of sp³-hybridized carbons (Fsp3) is 0.464. The summed E-state index contributed by atoms with van der Waals surface area (Å²) in [7, 11) is -1.58. The maximum atomic E-state index is 13.8. The summed E-state index contributed by atoms with van der Waals surface area (Å²) in [5.74, 6) is 0.284. The van der Waals surface area contributed by atoms with Crippen LogP contribution in [0.5, 0.6) is 0 Å². The number of aromatic nitrogens is 1. The lowest BCUT2D eigenvalue weighted by molar-refractivity contribution is -0.0592. The third-order valence-corrected chi connectivity index (χ3v) is 8.29. The Labute approximate surface area is 213 Å². The summed E-state index contributed by atoms with van der Waals surface area (Å²) in [5.41, 5.74) is 3.00. The van der Waals surface area contributed by atoms with E-state index in [-0.39, 0.29) is 18.1 Å². The zero-order valence-electron chi connectivity index (χ0n) is 21.5. The van der Waals surface area contributed by atoms with Crippen LogP contribution in [-0.4, -0.2) is 50.9 Å².